The molecule has 0 bridgehead atoms. The van der Waals surface area contributed by atoms with Crippen molar-refractivity contribution in [1.82, 2.24) is 4.90 Å². The van der Waals surface area contributed by atoms with Gasteiger partial charge in [-0.05, 0) is 20.3 Å². The summed E-state index contributed by atoms with van der Waals surface area (Å²) >= 11 is 0. The van der Waals surface area contributed by atoms with Crippen LogP contribution in [-0.4, -0.2) is 58.5 Å². The summed E-state index contributed by atoms with van der Waals surface area (Å²) in [6, 6.07) is -0.489. The van der Waals surface area contributed by atoms with Crippen LogP contribution in [0.2, 0.25) is 0 Å². The SMILES string of the molecule is CCC(C(=O)O)N1CC(CO)OC(C)(C)C1. The molecule has 2 N–H and O–H groups in total. The Bertz CT molecular complexity index is 254. The van der Waals surface area contributed by atoms with Crippen molar-refractivity contribution in [2.75, 3.05) is 19.7 Å². The highest BCUT2D eigenvalue weighted by Gasteiger charge is 2.37. The summed E-state index contributed by atoms with van der Waals surface area (Å²) in [4.78, 5) is 13.0. The molecule has 0 amide bonds. The Kier molecular flexibility index (Phi) is 4.29. The van der Waals surface area contributed by atoms with Gasteiger partial charge in [-0.15, -0.1) is 0 Å². The quantitative estimate of drug-likeness (QED) is 0.729. The van der Waals surface area contributed by atoms with Crippen LogP contribution < -0.4 is 0 Å². The van der Waals surface area contributed by atoms with Gasteiger partial charge in [0.1, 0.15) is 6.04 Å². The summed E-state index contributed by atoms with van der Waals surface area (Å²) in [5.41, 5.74) is -0.408. The molecule has 2 atom stereocenters. The van der Waals surface area contributed by atoms with E-state index in [1.807, 2.05) is 25.7 Å². The molecular weight excluding hydrogens is 210 g/mol. The van der Waals surface area contributed by atoms with Gasteiger partial charge < -0.3 is 14.9 Å². The van der Waals surface area contributed by atoms with Gasteiger partial charge in [0, 0.05) is 13.1 Å². The molecule has 0 aromatic carbocycles. The Morgan fingerprint density at radius 3 is 2.69 bits per heavy atom. The lowest BCUT2D eigenvalue weighted by Gasteiger charge is -2.44. The standard InChI is InChI=1S/C11H21NO4/c1-4-9(10(14)15)12-5-8(6-13)16-11(2,3)7-12/h8-9,13H,4-7H2,1-3H3,(H,14,15). The van der Waals surface area contributed by atoms with Gasteiger partial charge in [0.2, 0.25) is 0 Å². The Morgan fingerprint density at radius 1 is 1.62 bits per heavy atom. The van der Waals surface area contributed by atoms with Crippen LogP contribution in [0.5, 0.6) is 0 Å². The third-order valence-electron chi connectivity index (χ3n) is 2.82. The molecule has 1 heterocycles. The highest BCUT2D eigenvalue weighted by Crippen LogP contribution is 2.23. The minimum absolute atomic E-state index is 0.0734. The van der Waals surface area contributed by atoms with Crippen molar-refractivity contribution < 1.29 is 19.7 Å². The van der Waals surface area contributed by atoms with Gasteiger partial charge in [-0.1, -0.05) is 6.92 Å². The van der Waals surface area contributed by atoms with E-state index in [0.717, 1.165) is 0 Å². The molecule has 1 saturated heterocycles. The first kappa shape index (κ1) is 13.4. The molecule has 2 unspecified atom stereocenters. The molecule has 1 rings (SSSR count). The van der Waals surface area contributed by atoms with Gasteiger partial charge in [0.15, 0.2) is 0 Å². The van der Waals surface area contributed by atoms with Crippen LogP contribution in [0.4, 0.5) is 0 Å². The Balaban J connectivity index is 2.75. The lowest BCUT2D eigenvalue weighted by molar-refractivity contribution is -0.169. The molecule has 94 valence electrons. The molecule has 0 aromatic heterocycles. The second-order valence-electron chi connectivity index (χ2n) is 4.87. The maximum Gasteiger partial charge on any atom is 0.320 e. The normalized spacial score (nSPS) is 27.6. The van der Waals surface area contributed by atoms with E-state index in [4.69, 9.17) is 14.9 Å². The van der Waals surface area contributed by atoms with Crippen molar-refractivity contribution >= 4 is 5.97 Å². The topological polar surface area (TPSA) is 70.0 Å². The van der Waals surface area contributed by atoms with Crippen molar-refractivity contribution in [2.45, 2.75) is 44.9 Å². The third-order valence-corrected chi connectivity index (χ3v) is 2.82. The fraction of sp³-hybridized carbons (Fsp3) is 0.909. The van der Waals surface area contributed by atoms with Crippen LogP contribution in [0.1, 0.15) is 27.2 Å². The molecule has 16 heavy (non-hydrogen) atoms. The van der Waals surface area contributed by atoms with Crippen molar-refractivity contribution in [3.63, 3.8) is 0 Å². The van der Waals surface area contributed by atoms with Crippen LogP contribution in [0.15, 0.2) is 0 Å². The van der Waals surface area contributed by atoms with Gasteiger partial charge in [-0.2, -0.15) is 0 Å². The first-order valence-electron chi connectivity index (χ1n) is 5.65. The number of carbonyl (C=O) groups is 1. The summed E-state index contributed by atoms with van der Waals surface area (Å²) in [5, 5.41) is 18.2. The van der Waals surface area contributed by atoms with Crippen LogP contribution in [-0.2, 0) is 9.53 Å². The first-order chi connectivity index (χ1) is 7.39. The molecule has 1 aliphatic heterocycles. The van der Waals surface area contributed by atoms with Crippen LogP contribution in [0.25, 0.3) is 0 Å². The Labute approximate surface area is 96.0 Å². The summed E-state index contributed by atoms with van der Waals surface area (Å²) in [6.45, 7) is 6.66. The smallest absolute Gasteiger partial charge is 0.320 e. The first-order valence-corrected chi connectivity index (χ1v) is 5.65. The maximum absolute atomic E-state index is 11.1. The molecule has 0 spiro atoms. The number of nitrogens with zero attached hydrogens (tertiary/aromatic N) is 1. The average Bonchev–Trinajstić information content (AvgIpc) is 2.15. The van der Waals surface area contributed by atoms with E-state index in [1.54, 1.807) is 0 Å². The molecule has 0 radical (unpaired) electrons. The fourth-order valence-corrected chi connectivity index (χ4v) is 2.26. The van der Waals surface area contributed by atoms with Crippen molar-refractivity contribution in [3.8, 4) is 0 Å². The lowest BCUT2D eigenvalue weighted by Crippen LogP contribution is -2.58. The van der Waals surface area contributed by atoms with E-state index < -0.39 is 17.6 Å². The lowest BCUT2D eigenvalue weighted by atomic mass is 10.0. The summed E-state index contributed by atoms with van der Waals surface area (Å²) < 4.78 is 5.64. The molecule has 1 aliphatic rings. The number of rotatable bonds is 4. The van der Waals surface area contributed by atoms with Crippen LogP contribution in [0.3, 0.4) is 0 Å². The van der Waals surface area contributed by atoms with E-state index in [9.17, 15) is 4.79 Å². The number of aliphatic hydroxyl groups excluding tert-OH is 1. The zero-order valence-corrected chi connectivity index (χ0v) is 10.1. The monoisotopic (exact) mass is 231 g/mol. The highest BCUT2D eigenvalue weighted by molar-refractivity contribution is 5.73. The van der Waals surface area contributed by atoms with Gasteiger partial charge in [-0.25, -0.2) is 0 Å². The fourth-order valence-electron chi connectivity index (χ4n) is 2.26. The summed E-state index contributed by atoms with van der Waals surface area (Å²) in [6.07, 6.45) is 0.265. The molecule has 0 aliphatic carbocycles. The van der Waals surface area contributed by atoms with E-state index in [-0.39, 0.29) is 12.7 Å². The van der Waals surface area contributed by atoms with E-state index in [2.05, 4.69) is 0 Å². The van der Waals surface area contributed by atoms with Crippen LogP contribution >= 0.6 is 0 Å². The van der Waals surface area contributed by atoms with Gasteiger partial charge >= 0.3 is 5.97 Å². The maximum atomic E-state index is 11.1. The van der Waals surface area contributed by atoms with Crippen molar-refractivity contribution in [3.05, 3.63) is 0 Å². The average molecular weight is 231 g/mol. The zero-order valence-electron chi connectivity index (χ0n) is 10.1. The number of ether oxygens (including phenoxy) is 1. The van der Waals surface area contributed by atoms with Crippen LogP contribution in [0, 0.1) is 0 Å². The predicted molar refractivity (Wildman–Crippen MR) is 59.3 cm³/mol. The number of aliphatic hydroxyl groups is 1. The molecule has 5 heteroatoms. The number of morpholine rings is 1. The zero-order chi connectivity index (χ0) is 12.3. The van der Waals surface area contributed by atoms with Gasteiger partial charge in [-0.3, -0.25) is 9.69 Å². The number of carboxylic acid groups (broad SMARTS) is 1. The molecule has 1 fully saturated rings. The van der Waals surface area contributed by atoms with Crippen molar-refractivity contribution in [2.24, 2.45) is 0 Å². The number of aliphatic carboxylic acids is 1. The highest BCUT2D eigenvalue weighted by atomic mass is 16.5. The van der Waals surface area contributed by atoms with E-state index >= 15 is 0 Å². The second kappa shape index (κ2) is 5.12. The number of hydrogen-bond donors (Lipinski definition) is 2. The van der Waals surface area contributed by atoms with Gasteiger partial charge in [0.25, 0.3) is 0 Å². The Hall–Kier alpha value is -0.650. The molecule has 0 aromatic rings. The molecular formula is C11H21NO4. The predicted octanol–water partition coefficient (Wildman–Crippen LogP) is 0.321. The second-order valence-corrected chi connectivity index (χ2v) is 4.87. The van der Waals surface area contributed by atoms with E-state index in [1.165, 1.54) is 0 Å². The Morgan fingerprint density at radius 2 is 2.25 bits per heavy atom. The van der Waals surface area contributed by atoms with Gasteiger partial charge in [0.05, 0.1) is 18.3 Å². The molecule has 5 nitrogen and oxygen atoms in total. The number of carboxylic acids is 1. The summed E-state index contributed by atoms with van der Waals surface area (Å²) in [5.74, 6) is -0.808. The third kappa shape index (κ3) is 3.17. The number of hydrogen-bond acceptors (Lipinski definition) is 4. The minimum atomic E-state index is -0.808. The molecule has 0 saturated carbocycles. The largest absolute Gasteiger partial charge is 0.480 e. The minimum Gasteiger partial charge on any atom is -0.480 e. The van der Waals surface area contributed by atoms with Crippen molar-refractivity contribution in [1.29, 1.82) is 0 Å². The van der Waals surface area contributed by atoms with E-state index in [0.29, 0.717) is 19.5 Å². The summed E-state index contributed by atoms with van der Waals surface area (Å²) in [7, 11) is 0.